The minimum Gasteiger partial charge on any atom is -0.460 e. The van der Waals surface area contributed by atoms with Gasteiger partial charge in [-0.1, -0.05) is 30.3 Å². The van der Waals surface area contributed by atoms with Gasteiger partial charge in [0.05, 0.1) is 0 Å². The topological polar surface area (TPSA) is 46.6 Å². The molecule has 0 fully saturated rings. The molecule has 1 aromatic rings. The predicted octanol–water partition coefficient (Wildman–Crippen LogP) is 1.45. The van der Waals surface area contributed by atoms with Crippen molar-refractivity contribution in [3.05, 3.63) is 35.9 Å². The van der Waals surface area contributed by atoms with Crippen molar-refractivity contribution in [2.75, 3.05) is 14.1 Å². The summed E-state index contributed by atoms with van der Waals surface area (Å²) in [7, 11) is 3.23. The minimum absolute atomic E-state index is 0.199. The average molecular weight is 235 g/mol. The van der Waals surface area contributed by atoms with E-state index in [1.54, 1.807) is 21.0 Å². The first kappa shape index (κ1) is 13.2. The van der Waals surface area contributed by atoms with Crippen LogP contribution in [0.25, 0.3) is 0 Å². The van der Waals surface area contributed by atoms with Crippen molar-refractivity contribution in [3.63, 3.8) is 0 Å². The van der Waals surface area contributed by atoms with Gasteiger partial charge >= 0.3 is 5.97 Å². The number of nitrogens with zero attached hydrogens (tertiary/aromatic N) is 1. The highest BCUT2D eigenvalue weighted by atomic mass is 16.5. The van der Waals surface area contributed by atoms with Crippen LogP contribution in [0.3, 0.4) is 0 Å². The molecule has 0 saturated heterocycles. The Morgan fingerprint density at radius 1 is 1.24 bits per heavy atom. The van der Waals surface area contributed by atoms with Crippen LogP contribution < -0.4 is 0 Å². The Balaban J connectivity index is 2.48. The van der Waals surface area contributed by atoms with Crippen molar-refractivity contribution in [2.45, 2.75) is 13.5 Å². The Morgan fingerprint density at radius 2 is 1.82 bits per heavy atom. The first-order chi connectivity index (χ1) is 8.02. The molecule has 0 N–H and O–H groups in total. The summed E-state index contributed by atoms with van der Waals surface area (Å²) in [6, 6.07) is 9.37. The molecule has 0 saturated carbocycles. The third-order valence-electron chi connectivity index (χ3n) is 2.39. The van der Waals surface area contributed by atoms with Gasteiger partial charge in [0.25, 0.3) is 0 Å². The molecule has 0 aliphatic heterocycles. The summed E-state index contributed by atoms with van der Waals surface area (Å²) in [6.07, 6.45) is 0. The van der Waals surface area contributed by atoms with Crippen LogP contribution in [0.2, 0.25) is 0 Å². The summed E-state index contributed by atoms with van der Waals surface area (Å²) >= 11 is 0. The number of ether oxygens (including phenoxy) is 1. The standard InChI is InChI=1S/C13H17NO3/c1-10(12(15)14(2)3)13(16)17-9-11-7-5-4-6-8-11/h4-8,10H,9H2,1-3H3. The van der Waals surface area contributed by atoms with Crippen LogP contribution in [0.4, 0.5) is 0 Å². The van der Waals surface area contributed by atoms with Gasteiger partial charge in [0, 0.05) is 14.1 Å². The fraction of sp³-hybridized carbons (Fsp3) is 0.385. The van der Waals surface area contributed by atoms with E-state index in [1.165, 1.54) is 4.90 Å². The van der Waals surface area contributed by atoms with Crippen LogP contribution >= 0.6 is 0 Å². The van der Waals surface area contributed by atoms with Crippen molar-refractivity contribution >= 4 is 11.9 Å². The molecule has 4 nitrogen and oxygen atoms in total. The normalized spacial score (nSPS) is 11.7. The summed E-state index contributed by atoms with van der Waals surface area (Å²) in [4.78, 5) is 24.5. The van der Waals surface area contributed by atoms with Crippen molar-refractivity contribution in [1.29, 1.82) is 0 Å². The molecular weight excluding hydrogens is 218 g/mol. The first-order valence-corrected chi connectivity index (χ1v) is 5.44. The molecule has 0 bridgehead atoms. The van der Waals surface area contributed by atoms with Gasteiger partial charge in [-0.3, -0.25) is 9.59 Å². The molecule has 0 radical (unpaired) electrons. The zero-order valence-corrected chi connectivity index (χ0v) is 10.3. The van der Waals surface area contributed by atoms with Crippen LogP contribution in [0.5, 0.6) is 0 Å². The molecule has 1 rings (SSSR count). The fourth-order valence-electron chi connectivity index (χ4n) is 1.34. The van der Waals surface area contributed by atoms with E-state index in [4.69, 9.17) is 4.74 Å². The van der Waals surface area contributed by atoms with E-state index in [9.17, 15) is 9.59 Å². The van der Waals surface area contributed by atoms with Gasteiger partial charge in [0.2, 0.25) is 5.91 Å². The van der Waals surface area contributed by atoms with E-state index in [-0.39, 0.29) is 12.5 Å². The molecule has 92 valence electrons. The average Bonchev–Trinajstić information content (AvgIpc) is 2.35. The lowest BCUT2D eigenvalue weighted by Crippen LogP contribution is -2.33. The SMILES string of the molecule is CC(C(=O)OCc1ccccc1)C(=O)N(C)C. The van der Waals surface area contributed by atoms with Gasteiger partial charge in [-0.05, 0) is 12.5 Å². The molecule has 1 aromatic carbocycles. The Labute approximate surface area is 101 Å². The highest BCUT2D eigenvalue weighted by molar-refractivity contribution is 5.97. The molecule has 1 unspecified atom stereocenters. The second-order valence-corrected chi connectivity index (χ2v) is 4.05. The zero-order chi connectivity index (χ0) is 12.8. The first-order valence-electron chi connectivity index (χ1n) is 5.44. The lowest BCUT2D eigenvalue weighted by Gasteiger charge is -2.15. The number of esters is 1. The maximum atomic E-state index is 11.6. The summed E-state index contributed by atoms with van der Waals surface area (Å²) in [5, 5.41) is 0. The number of amides is 1. The van der Waals surface area contributed by atoms with Crippen LogP contribution in [-0.4, -0.2) is 30.9 Å². The third-order valence-corrected chi connectivity index (χ3v) is 2.39. The Bertz CT molecular complexity index is 387. The van der Waals surface area contributed by atoms with E-state index in [0.717, 1.165) is 5.56 Å². The summed E-state index contributed by atoms with van der Waals surface area (Å²) < 4.78 is 5.07. The van der Waals surface area contributed by atoms with Crippen LogP contribution in [0.15, 0.2) is 30.3 Å². The monoisotopic (exact) mass is 235 g/mol. The van der Waals surface area contributed by atoms with Gasteiger partial charge < -0.3 is 9.64 Å². The molecular formula is C13H17NO3. The van der Waals surface area contributed by atoms with Crippen molar-refractivity contribution in [3.8, 4) is 0 Å². The van der Waals surface area contributed by atoms with Gasteiger partial charge in [0.1, 0.15) is 12.5 Å². The van der Waals surface area contributed by atoms with Crippen LogP contribution in [0.1, 0.15) is 12.5 Å². The molecule has 0 aliphatic carbocycles. The molecule has 0 heterocycles. The van der Waals surface area contributed by atoms with E-state index in [2.05, 4.69) is 0 Å². The quantitative estimate of drug-likeness (QED) is 0.586. The minimum atomic E-state index is -0.756. The molecule has 0 aromatic heterocycles. The smallest absolute Gasteiger partial charge is 0.318 e. The van der Waals surface area contributed by atoms with Crippen LogP contribution in [0, 0.1) is 5.92 Å². The van der Waals surface area contributed by atoms with Gasteiger partial charge in [-0.25, -0.2) is 0 Å². The Morgan fingerprint density at radius 3 is 2.35 bits per heavy atom. The highest BCUT2D eigenvalue weighted by Gasteiger charge is 2.24. The largest absolute Gasteiger partial charge is 0.460 e. The van der Waals surface area contributed by atoms with Crippen LogP contribution in [-0.2, 0) is 20.9 Å². The van der Waals surface area contributed by atoms with Crippen molar-refractivity contribution in [1.82, 2.24) is 4.90 Å². The van der Waals surface area contributed by atoms with Gasteiger partial charge in [0.15, 0.2) is 0 Å². The van der Waals surface area contributed by atoms with Gasteiger partial charge in [-0.15, -0.1) is 0 Å². The summed E-state index contributed by atoms with van der Waals surface area (Å²) in [6.45, 7) is 1.75. The molecule has 4 heteroatoms. The number of hydrogen-bond donors (Lipinski definition) is 0. The number of carbonyl (C=O) groups excluding carboxylic acids is 2. The number of rotatable bonds is 4. The maximum absolute atomic E-state index is 11.6. The molecule has 1 amide bonds. The zero-order valence-electron chi connectivity index (χ0n) is 10.3. The number of benzene rings is 1. The summed E-state index contributed by atoms with van der Waals surface area (Å²) in [5.74, 6) is -1.50. The molecule has 1 atom stereocenters. The second kappa shape index (κ2) is 6.03. The van der Waals surface area contributed by atoms with E-state index >= 15 is 0 Å². The number of carbonyl (C=O) groups is 2. The second-order valence-electron chi connectivity index (χ2n) is 4.05. The lowest BCUT2D eigenvalue weighted by atomic mass is 10.1. The Hall–Kier alpha value is -1.84. The van der Waals surface area contributed by atoms with Crippen molar-refractivity contribution in [2.24, 2.45) is 5.92 Å². The maximum Gasteiger partial charge on any atom is 0.318 e. The van der Waals surface area contributed by atoms with E-state index in [0.29, 0.717) is 0 Å². The fourth-order valence-corrected chi connectivity index (χ4v) is 1.34. The summed E-state index contributed by atoms with van der Waals surface area (Å²) in [5.41, 5.74) is 0.908. The highest BCUT2D eigenvalue weighted by Crippen LogP contribution is 2.06. The van der Waals surface area contributed by atoms with E-state index in [1.807, 2.05) is 30.3 Å². The molecule has 17 heavy (non-hydrogen) atoms. The van der Waals surface area contributed by atoms with Crippen molar-refractivity contribution < 1.29 is 14.3 Å². The number of hydrogen-bond acceptors (Lipinski definition) is 3. The van der Waals surface area contributed by atoms with Gasteiger partial charge in [-0.2, -0.15) is 0 Å². The third kappa shape index (κ3) is 3.90. The lowest BCUT2D eigenvalue weighted by molar-refractivity contribution is -0.155. The van der Waals surface area contributed by atoms with E-state index < -0.39 is 11.9 Å². The predicted molar refractivity (Wildman–Crippen MR) is 64.1 cm³/mol. The Kier molecular flexibility index (Phi) is 4.69. The molecule has 0 spiro atoms. The molecule has 0 aliphatic rings.